The molecule has 0 unspecified atom stereocenters. The Bertz CT molecular complexity index is 737. The van der Waals surface area contributed by atoms with Gasteiger partial charge in [-0.1, -0.05) is 31.2 Å². The Morgan fingerprint density at radius 3 is 2.71 bits per heavy atom. The van der Waals surface area contributed by atoms with Crippen molar-refractivity contribution in [2.45, 2.75) is 46.6 Å². The lowest BCUT2D eigenvalue weighted by Gasteiger charge is -2.32. The third-order valence-corrected chi connectivity index (χ3v) is 6.79. The topological polar surface area (TPSA) is 18.5 Å². The summed E-state index contributed by atoms with van der Waals surface area (Å²) in [7, 11) is 0. The van der Waals surface area contributed by atoms with Crippen LogP contribution in [0.2, 0.25) is 0 Å². The van der Waals surface area contributed by atoms with Gasteiger partial charge in [0.05, 0.1) is 6.54 Å². The van der Waals surface area contributed by atoms with Gasteiger partial charge in [0, 0.05) is 23.7 Å². The molecule has 1 aromatic heterocycles. The van der Waals surface area contributed by atoms with Crippen molar-refractivity contribution in [2.75, 3.05) is 31.5 Å². The maximum absolute atomic E-state index is 5.84. The smallest absolute Gasteiger partial charge is 0.173 e. The highest BCUT2D eigenvalue weighted by molar-refractivity contribution is 7.80. The largest absolute Gasteiger partial charge is 0.344 e. The first-order valence-corrected chi connectivity index (χ1v) is 11.7. The second-order valence-electron chi connectivity index (χ2n) is 8.10. The van der Waals surface area contributed by atoms with Crippen molar-refractivity contribution in [1.82, 2.24) is 9.80 Å². The Balaban J connectivity index is 1.61. The van der Waals surface area contributed by atoms with E-state index < -0.39 is 0 Å². The predicted molar refractivity (Wildman–Crippen MR) is 126 cm³/mol. The third-order valence-electron chi connectivity index (χ3n) is 5.57. The maximum atomic E-state index is 5.84. The van der Waals surface area contributed by atoms with Gasteiger partial charge in [0.15, 0.2) is 5.11 Å². The Labute approximate surface area is 179 Å². The van der Waals surface area contributed by atoms with Gasteiger partial charge in [-0.05, 0) is 86.9 Å². The number of thiophene rings is 1. The normalized spacial score (nSPS) is 17.5. The number of nitrogens with zero attached hydrogens (tertiary/aromatic N) is 2. The van der Waals surface area contributed by atoms with Crippen LogP contribution in [0, 0.1) is 19.8 Å². The van der Waals surface area contributed by atoms with Gasteiger partial charge in [-0.3, -0.25) is 0 Å². The van der Waals surface area contributed by atoms with E-state index in [2.05, 4.69) is 71.6 Å². The van der Waals surface area contributed by atoms with Gasteiger partial charge in [-0.25, -0.2) is 0 Å². The molecule has 0 saturated carbocycles. The van der Waals surface area contributed by atoms with Crippen molar-refractivity contribution in [3.8, 4) is 0 Å². The zero-order chi connectivity index (χ0) is 19.9. The molecule has 152 valence electrons. The van der Waals surface area contributed by atoms with Crippen LogP contribution in [0.5, 0.6) is 0 Å². The number of hydrogen-bond acceptors (Lipinski definition) is 3. The summed E-state index contributed by atoms with van der Waals surface area (Å²) < 4.78 is 0. The van der Waals surface area contributed by atoms with E-state index in [1.54, 1.807) is 11.3 Å². The maximum Gasteiger partial charge on any atom is 0.173 e. The van der Waals surface area contributed by atoms with Crippen LogP contribution in [0.3, 0.4) is 0 Å². The number of anilines is 1. The number of nitrogens with one attached hydrogen (secondary N) is 1. The molecule has 2 heterocycles. The Kier molecular flexibility index (Phi) is 7.89. The summed E-state index contributed by atoms with van der Waals surface area (Å²) in [5.74, 6) is 0.836. The van der Waals surface area contributed by atoms with Gasteiger partial charge < -0.3 is 15.1 Å². The lowest BCUT2D eigenvalue weighted by molar-refractivity contribution is 0.177. The zero-order valence-electron chi connectivity index (χ0n) is 17.4. The van der Waals surface area contributed by atoms with Gasteiger partial charge >= 0.3 is 0 Å². The van der Waals surface area contributed by atoms with E-state index in [1.165, 1.54) is 41.9 Å². The van der Waals surface area contributed by atoms with Crippen LogP contribution in [-0.2, 0) is 6.54 Å². The first kappa shape index (κ1) is 21.3. The molecule has 0 amide bonds. The number of rotatable bonds is 7. The Morgan fingerprint density at radius 2 is 2.04 bits per heavy atom. The Morgan fingerprint density at radius 1 is 1.25 bits per heavy atom. The van der Waals surface area contributed by atoms with E-state index in [0.717, 1.165) is 42.8 Å². The molecule has 1 atom stereocenters. The molecule has 1 saturated heterocycles. The second kappa shape index (κ2) is 10.4. The number of thiocarbonyl (C=S) groups is 1. The number of aryl methyl sites for hydroxylation is 2. The van der Waals surface area contributed by atoms with Crippen molar-refractivity contribution in [1.29, 1.82) is 0 Å². The number of piperidine rings is 1. The third kappa shape index (κ3) is 6.03. The van der Waals surface area contributed by atoms with Gasteiger partial charge in [0.1, 0.15) is 0 Å². The molecular weight excluding hydrogens is 382 g/mol. The van der Waals surface area contributed by atoms with E-state index in [4.69, 9.17) is 12.2 Å². The van der Waals surface area contributed by atoms with E-state index in [0.29, 0.717) is 0 Å². The molecule has 5 heteroatoms. The second-order valence-corrected chi connectivity index (χ2v) is 9.52. The van der Waals surface area contributed by atoms with Gasteiger partial charge in [-0.15, -0.1) is 11.3 Å². The molecular formula is C23H33N3S2. The fourth-order valence-corrected chi connectivity index (χ4v) is 4.99. The van der Waals surface area contributed by atoms with Crippen molar-refractivity contribution in [3.63, 3.8) is 0 Å². The number of likely N-dealkylation sites (tertiary alicyclic amines) is 1. The van der Waals surface area contributed by atoms with Gasteiger partial charge in [0.25, 0.3) is 0 Å². The van der Waals surface area contributed by atoms with E-state index >= 15 is 0 Å². The molecule has 1 aliphatic heterocycles. The fourth-order valence-electron chi connectivity index (χ4n) is 4.02. The predicted octanol–water partition coefficient (Wildman–Crippen LogP) is 5.69. The Hall–Kier alpha value is -1.43. The van der Waals surface area contributed by atoms with Crippen LogP contribution in [0.15, 0.2) is 35.7 Å². The van der Waals surface area contributed by atoms with Crippen LogP contribution in [0.1, 0.15) is 42.2 Å². The minimum atomic E-state index is 0.831. The van der Waals surface area contributed by atoms with Crippen molar-refractivity contribution in [3.05, 3.63) is 51.7 Å². The quantitative estimate of drug-likeness (QED) is 0.586. The fraction of sp³-hybridized carbons (Fsp3) is 0.522. The summed E-state index contributed by atoms with van der Waals surface area (Å²) in [6.45, 7) is 12.2. The van der Waals surface area contributed by atoms with Crippen LogP contribution in [-0.4, -0.2) is 41.1 Å². The summed E-state index contributed by atoms with van der Waals surface area (Å²) in [6.07, 6.45) is 3.87. The van der Waals surface area contributed by atoms with Crippen molar-refractivity contribution < 1.29 is 0 Å². The van der Waals surface area contributed by atoms with E-state index in [9.17, 15) is 0 Å². The molecule has 0 aliphatic carbocycles. The molecule has 1 aromatic carbocycles. The molecule has 0 bridgehead atoms. The van der Waals surface area contributed by atoms with Crippen LogP contribution in [0.25, 0.3) is 0 Å². The molecule has 0 spiro atoms. The van der Waals surface area contributed by atoms with Crippen LogP contribution >= 0.6 is 23.6 Å². The lowest BCUT2D eigenvalue weighted by atomic mass is 10.0. The zero-order valence-corrected chi connectivity index (χ0v) is 19.0. The molecule has 1 N–H and O–H groups in total. The summed E-state index contributed by atoms with van der Waals surface area (Å²) >= 11 is 7.65. The molecule has 3 rings (SSSR count). The lowest BCUT2D eigenvalue weighted by Crippen LogP contribution is -2.39. The summed E-state index contributed by atoms with van der Waals surface area (Å²) in [6, 6.07) is 10.7. The van der Waals surface area contributed by atoms with Crippen LogP contribution < -0.4 is 5.32 Å². The number of hydrogen-bond donors (Lipinski definition) is 1. The van der Waals surface area contributed by atoms with Crippen LogP contribution in [0.4, 0.5) is 5.69 Å². The molecule has 28 heavy (non-hydrogen) atoms. The highest BCUT2D eigenvalue weighted by Crippen LogP contribution is 2.21. The molecule has 1 fully saturated rings. The molecule has 1 aliphatic rings. The standard InChI is InChI=1S/C23H33N3S2/c1-18-8-5-12-25(16-18)13-7-14-26(17-21-11-6-15-28-21)23(27)24-22-19(2)9-4-10-20(22)3/h4,6,9-11,15,18H,5,7-8,12-14,16-17H2,1-3H3,(H,24,27)/t18-/m0/s1. The molecule has 0 radical (unpaired) electrons. The first-order valence-electron chi connectivity index (χ1n) is 10.4. The van der Waals surface area contributed by atoms with Gasteiger partial charge in [0.2, 0.25) is 0 Å². The monoisotopic (exact) mass is 415 g/mol. The van der Waals surface area contributed by atoms with Gasteiger partial charge in [-0.2, -0.15) is 0 Å². The number of benzene rings is 1. The average molecular weight is 416 g/mol. The first-order chi connectivity index (χ1) is 13.5. The summed E-state index contributed by atoms with van der Waals surface area (Å²) in [5.41, 5.74) is 3.62. The highest BCUT2D eigenvalue weighted by Gasteiger charge is 2.17. The SMILES string of the molecule is Cc1cccc(C)c1NC(=S)N(CCCN1CCC[C@H](C)C1)Cc1cccs1. The number of para-hydroxylation sites is 1. The van der Waals surface area contributed by atoms with E-state index in [1.807, 2.05) is 0 Å². The minimum absolute atomic E-state index is 0.831. The average Bonchev–Trinajstić information content (AvgIpc) is 3.17. The minimum Gasteiger partial charge on any atom is -0.344 e. The summed E-state index contributed by atoms with van der Waals surface area (Å²) in [5, 5.41) is 6.51. The molecule has 3 nitrogen and oxygen atoms in total. The molecule has 2 aromatic rings. The highest BCUT2D eigenvalue weighted by atomic mass is 32.1. The van der Waals surface area contributed by atoms with Crippen molar-refractivity contribution >= 4 is 34.4 Å². The van der Waals surface area contributed by atoms with E-state index in [-0.39, 0.29) is 0 Å². The summed E-state index contributed by atoms with van der Waals surface area (Å²) in [4.78, 5) is 6.32. The van der Waals surface area contributed by atoms with Crippen molar-refractivity contribution in [2.24, 2.45) is 5.92 Å².